The summed E-state index contributed by atoms with van der Waals surface area (Å²) in [6.45, 7) is 0.227. The van der Waals surface area contributed by atoms with Gasteiger partial charge < -0.3 is 24.7 Å². The maximum atomic E-state index is 13.7. The average Bonchev–Trinajstić information content (AvgIpc) is 3.01. The number of anilines is 1. The van der Waals surface area contributed by atoms with Crippen LogP contribution in [0.15, 0.2) is 36.7 Å². The second-order valence-electron chi connectivity index (χ2n) is 5.63. The normalized spacial score (nSPS) is 10.6. The molecule has 0 saturated heterocycles. The van der Waals surface area contributed by atoms with Gasteiger partial charge in [-0.05, 0) is 24.3 Å². The molecule has 0 unspecified atom stereocenters. The van der Waals surface area contributed by atoms with Gasteiger partial charge in [-0.15, -0.1) is 0 Å². The van der Waals surface area contributed by atoms with Crippen LogP contribution >= 0.6 is 0 Å². The molecule has 8 heteroatoms. The summed E-state index contributed by atoms with van der Waals surface area (Å²) in [6.07, 6.45) is 1.70. The molecule has 0 bridgehead atoms. The molecule has 2 amide bonds. The van der Waals surface area contributed by atoms with Crippen molar-refractivity contribution in [2.45, 2.75) is 6.54 Å². The van der Waals surface area contributed by atoms with E-state index in [1.807, 2.05) is 23.7 Å². The van der Waals surface area contributed by atoms with Crippen molar-refractivity contribution in [3.05, 3.63) is 48.0 Å². The number of imidazole rings is 1. The van der Waals surface area contributed by atoms with Crippen LogP contribution in [-0.4, -0.2) is 29.8 Å². The number of benzene rings is 2. The molecule has 26 heavy (non-hydrogen) atoms. The van der Waals surface area contributed by atoms with Crippen LogP contribution in [0.2, 0.25) is 0 Å². The van der Waals surface area contributed by atoms with Gasteiger partial charge in [0.25, 0.3) is 0 Å². The van der Waals surface area contributed by atoms with E-state index in [-0.39, 0.29) is 12.3 Å². The van der Waals surface area contributed by atoms with Gasteiger partial charge in [0.1, 0.15) is 5.75 Å². The van der Waals surface area contributed by atoms with Crippen molar-refractivity contribution < 1.29 is 18.7 Å². The summed E-state index contributed by atoms with van der Waals surface area (Å²) in [6, 6.07) is 7.41. The molecule has 2 aromatic carbocycles. The van der Waals surface area contributed by atoms with Crippen LogP contribution in [-0.2, 0) is 13.6 Å². The summed E-state index contributed by atoms with van der Waals surface area (Å²) in [5.41, 5.74) is 2.82. The molecule has 0 aliphatic heterocycles. The first-order valence-corrected chi connectivity index (χ1v) is 7.88. The molecule has 1 heterocycles. The predicted octanol–water partition coefficient (Wildman–Crippen LogP) is 3.05. The topological polar surface area (TPSA) is 77.4 Å². The molecule has 3 aromatic rings. The van der Waals surface area contributed by atoms with Gasteiger partial charge >= 0.3 is 6.03 Å². The number of amides is 2. The number of nitrogens with zero attached hydrogens (tertiary/aromatic N) is 2. The fourth-order valence-corrected chi connectivity index (χ4v) is 2.76. The Morgan fingerprint density at radius 2 is 1.92 bits per heavy atom. The molecule has 2 N–H and O–H groups in total. The highest BCUT2D eigenvalue weighted by atomic mass is 19.1. The zero-order valence-electron chi connectivity index (χ0n) is 14.7. The molecule has 3 rings (SSSR count). The van der Waals surface area contributed by atoms with Crippen molar-refractivity contribution >= 4 is 22.8 Å². The number of carbonyl (C=O) groups excluding carboxylic acids is 1. The fourth-order valence-electron chi connectivity index (χ4n) is 2.76. The zero-order chi connectivity index (χ0) is 18.7. The molecule has 1 aromatic heterocycles. The largest absolute Gasteiger partial charge is 0.496 e. The number of hydrogen-bond acceptors (Lipinski definition) is 4. The Morgan fingerprint density at radius 1 is 1.19 bits per heavy atom. The summed E-state index contributed by atoms with van der Waals surface area (Å²) in [5.74, 6) is 0.215. The van der Waals surface area contributed by atoms with Gasteiger partial charge in [-0.25, -0.2) is 14.2 Å². The van der Waals surface area contributed by atoms with E-state index in [9.17, 15) is 9.18 Å². The van der Waals surface area contributed by atoms with Gasteiger partial charge in [0.05, 0.1) is 38.1 Å². The van der Waals surface area contributed by atoms with Gasteiger partial charge in [0.15, 0.2) is 11.6 Å². The monoisotopic (exact) mass is 358 g/mol. The number of fused-ring (bicyclic) bond motifs is 1. The first kappa shape index (κ1) is 17.5. The number of aryl methyl sites for hydroxylation is 1. The molecule has 0 saturated carbocycles. The van der Waals surface area contributed by atoms with Crippen molar-refractivity contribution in [1.82, 2.24) is 14.9 Å². The molecule has 0 aliphatic carbocycles. The fraction of sp³-hybridized carbons (Fsp3) is 0.222. The number of urea groups is 1. The number of nitrogens with one attached hydrogen (secondary N) is 2. The van der Waals surface area contributed by atoms with Crippen molar-refractivity contribution in [2.24, 2.45) is 7.05 Å². The van der Waals surface area contributed by atoms with Crippen LogP contribution in [0.5, 0.6) is 11.5 Å². The molecular weight excluding hydrogens is 339 g/mol. The SMILES string of the molecule is COc1ccc(NC(=O)NCc2c(OC)ccc3ncn(C)c23)cc1F. The van der Waals surface area contributed by atoms with Crippen LogP contribution in [0.1, 0.15) is 5.56 Å². The zero-order valence-corrected chi connectivity index (χ0v) is 14.7. The van der Waals surface area contributed by atoms with Gasteiger partial charge in [-0.2, -0.15) is 0 Å². The van der Waals surface area contributed by atoms with E-state index in [4.69, 9.17) is 9.47 Å². The van der Waals surface area contributed by atoms with Gasteiger partial charge in [-0.1, -0.05) is 0 Å². The molecule has 0 spiro atoms. The summed E-state index contributed by atoms with van der Waals surface area (Å²) in [7, 11) is 4.82. The first-order chi connectivity index (χ1) is 12.5. The smallest absolute Gasteiger partial charge is 0.319 e. The van der Waals surface area contributed by atoms with E-state index < -0.39 is 11.8 Å². The van der Waals surface area contributed by atoms with Gasteiger partial charge in [0, 0.05) is 24.4 Å². The molecule has 7 nitrogen and oxygen atoms in total. The van der Waals surface area contributed by atoms with Gasteiger partial charge in [0.2, 0.25) is 0 Å². The van der Waals surface area contributed by atoms with Crippen molar-refractivity contribution in [1.29, 1.82) is 0 Å². The van der Waals surface area contributed by atoms with Crippen molar-refractivity contribution in [3.8, 4) is 11.5 Å². The first-order valence-electron chi connectivity index (χ1n) is 7.88. The quantitative estimate of drug-likeness (QED) is 0.735. The van der Waals surface area contributed by atoms with Crippen molar-refractivity contribution in [3.63, 3.8) is 0 Å². The number of rotatable bonds is 5. The van der Waals surface area contributed by atoms with Gasteiger partial charge in [-0.3, -0.25) is 0 Å². The molecular formula is C18H19FN4O3. The molecule has 0 fully saturated rings. The van der Waals surface area contributed by atoms with E-state index in [0.717, 1.165) is 16.6 Å². The molecule has 0 radical (unpaired) electrons. The highest BCUT2D eigenvalue weighted by Gasteiger charge is 2.14. The molecule has 0 aliphatic rings. The second kappa shape index (κ2) is 7.30. The minimum absolute atomic E-state index is 0.114. The standard InChI is InChI=1S/C18H19FN4O3/c1-23-10-21-14-5-7-15(25-2)12(17(14)23)9-20-18(24)22-11-4-6-16(26-3)13(19)8-11/h4-8,10H,9H2,1-3H3,(H2,20,22,24). The number of ether oxygens (including phenoxy) is 2. The highest BCUT2D eigenvalue weighted by molar-refractivity contribution is 5.90. The maximum absolute atomic E-state index is 13.7. The van der Waals surface area contributed by atoms with Crippen LogP contribution in [0.25, 0.3) is 11.0 Å². The van der Waals surface area contributed by atoms with Crippen LogP contribution < -0.4 is 20.1 Å². The maximum Gasteiger partial charge on any atom is 0.319 e. The Morgan fingerprint density at radius 3 is 2.62 bits per heavy atom. The van der Waals surface area contributed by atoms with Crippen LogP contribution in [0, 0.1) is 5.82 Å². The number of hydrogen-bond donors (Lipinski definition) is 2. The van der Waals surface area contributed by atoms with E-state index in [0.29, 0.717) is 11.4 Å². The second-order valence-corrected chi connectivity index (χ2v) is 5.63. The Hall–Kier alpha value is -3.29. The third-order valence-corrected chi connectivity index (χ3v) is 4.00. The molecule has 136 valence electrons. The number of aromatic nitrogens is 2. The number of methoxy groups -OCH3 is 2. The minimum Gasteiger partial charge on any atom is -0.496 e. The lowest BCUT2D eigenvalue weighted by molar-refractivity contribution is 0.251. The third-order valence-electron chi connectivity index (χ3n) is 4.00. The van der Waals surface area contributed by atoms with Crippen LogP contribution in [0.3, 0.4) is 0 Å². The Balaban J connectivity index is 1.74. The van der Waals surface area contributed by atoms with E-state index in [1.165, 1.54) is 19.2 Å². The predicted molar refractivity (Wildman–Crippen MR) is 96.1 cm³/mol. The summed E-state index contributed by atoms with van der Waals surface area (Å²) in [5, 5.41) is 5.34. The minimum atomic E-state index is -0.549. The van der Waals surface area contributed by atoms with E-state index in [1.54, 1.807) is 19.5 Å². The summed E-state index contributed by atoms with van der Waals surface area (Å²) in [4.78, 5) is 16.5. The molecule has 0 atom stereocenters. The van der Waals surface area contributed by atoms with Crippen LogP contribution in [0.4, 0.5) is 14.9 Å². The lowest BCUT2D eigenvalue weighted by atomic mass is 10.1. The average molecular weight is 358 g/mol. The number of halogens is 1. The summed E-state index contributed by atoms with van der Waals surface area (Å²) >= 11 is 0. The van der Waals surface area contributed by atoms with E-state index in [2.05, 4.69) is 15.6 Å². The number of carbonyl (C=O) groups is 1. The lowest BCUT2D eigenvalue weighted by Gasteiger charge is -2.13. The van der Waals surface area contributed by atoms with E-state index >= 15 is 0 Å². The highest BCUT2D eigenvalue weighted by Crippen LogP contribution is 2.27. The lowest BCUT2D eigenvalue weighted by Crippen LogP contribution is -2.28. The Bertz CT molecular complexity index is 955. The summed E-state index contributed by atoms with van der Waals surface area (Å²) < 4.78 is 25.8. The van der Waals surface area contributed by atoms with Crippen molar-refractivity contribution in [2.75, 3.05) is 19.5 Å². The third kappa shape index (κ3) is 3.39. The Kier molecular flexibility index (Phi) is 4.92. The Labute approximate surface area is 149 Å².